The van der Waals surface area contributed by atoms with Crippen molar-refractivity contribution in [1.29, 1.82) is 0 Å². The number of aryl methyl sites for hydroxylation is 1. The fraction of sp³-hybridized carbons (Fsp3) is 0.130. The van der Waals surface area contributed by atoms with Crippen LogP contribution in [0.3, 0.4) is 0 Å². The molecule has 5 heteroatoms. The molecule has 142 valence electrons. The molecule has 0 spiro atoms. The molecule has 5 nitrogen and oxygen atoms in total. The summed E-state index contributed by atoms with van der Waals surface area (Å²) in [5.74, 6) is -0.406. The van der Waals surface area contributed by atoms with E-state index in [0.29, 0.717) is 11.3 Å². The molecule has 0 heterocycles. The average Bonchev–Trinajstić information content (AvgIpc) is 2.71. The van der Waals surface area contributed by atoms with E-state index in [1.807, 2.05) is 68.4 Å². The Morgan fingerprint density at radius 2 is 1.43 bits per heavy atom. The second kappa shape index (κ2) is 8.86. The summed E-state index contributed by atoms with van der Waals surface area (Å²) in [6.45, 7) is 4.04. The highest BCUT2D eigenvalue weighted by molar-refractivity contribution is 6.08. The number of para-hydroxylation sites is 2. The van der Waals surface area contributed by atoms with Crippen LogP contribution >= 0.6 is 0 Å². The van der Waals surface area contributed by atoms with E-state index in [2.05, 4.69) is 16.0 Å². The highest BCUT2D eigenvalue weighted by Gasteiger charge is 2.12. The molecule has 0 aromatic heterocycles. The van der Waals surface area contributed by atoms with Crippen molar-refractivity contribution in [3.8, 4) is 0 Å². The van der Waals surface area contributed by atoms with E-state index in [0.717, 1.165) is 22.5 Å². The molecule has 0 bridgehead atoms. The molecule has 28 heavy (non-hydrogen) atoms. The topological polar surface area (TPSA) is 70.2 Å². The van der Waals surface area contributed by atoms with E-state index >= 15 is 0 Å². The van der Waals surface area contributed by atoms with Gasteiger partial charge in [0, 0.05) is 17.1 Å². The summed E-state index contributed by atoms with van der Waals surface area (Å²) in [5.41, 5.74) is 4.75. The second-order valence-corrected chi connectivity index (χ2v) is 6.51. The zero-order chi connectivity index (χ0) is 19.9. The van der Waals surface area contributed by atoms with Crippen molar-refractivity contribution in [2.45, 2.75) is 13.8 Å². The van der Waals surface area contributed by atoms with Crippen molar-refractivity contribution in [2.24, 2.45) is 0 Å². The van der Waals surface area contributed by atoms with Crippen molar-refractivity contribution in [2.75, 3.05) is 22.5 Å². The van der Waals surface area contributed by atoms with E-state index in [9.17, 15) is 9.59 Å². The van der Waals surface area contributed by atoms with E-state index in [4.69, 9.17) is 0 Å². The van der Waals surface area contributed by atoms with Crippen LogP contribution in [0.2, 0.25) is 0 Å². The van der Waals surface area contributed by atoms with Gasteiger partial charge in [0.15, 0.2) is 0 Å². The lowest BCUT2D eigenvalue weighted by atomic mass is 10.1. The van der Waals surface area contributed by atoms with Crippen LogP contribution in [-0.4, -0.2) is 18.4 Å². The first kappa shape index (κ1) is 19.2. The molecule has 0 radical (unpaired) electrons. The molecule has 3 aromatic rings. The summed E-state index contributed by atoms with van der Waals surface area (Å²) in [6.07, 6.45) is 0. The molecule has 0 aliphatic carbocycles. The molecule has 0 saturated heterocycles. The van der Waals surface area contributed by atoms with Gasteiger partial charge in [-0.1, -0.05) is 42.5 Å². The highest BCUT2D eigenvalue weighted by atomic mass is 16.2. The van der Waals surface area contributed by atoms with Gasteiger partial charge in [-0.15, -0.1) is 0 Å². The van der Waals surface area contributed by atoms with Gasteiger partial charge in [0.05, 0.1) is 12.1 Å². The smallest absolute Gasteiger partial charge is 0.257 e. The van der Waals surface area contributed by atoms with Gasteiger partial charge in [-0.05, 0) is 55.3 Å². The number of hydrogen-bond acceptors (Lipinski definition) is 3. The Hall–Kier alpha value is -3.60. The first-order valence-electron chi connectivity index (χ1n) is 9.10. The summed E-state index contributed by atoms with van der Waals surface area (Å²) in [7, 11) is 0. The molecule has 0 saturated carbocycles. The molecule has 3 N–H and O–H groups in total. The fourth-order valence-corrected chi connectivity index (χ4v) is 2.81. The van der Waals surface area contributed by atoms with E-state index in [-0.39, 0.29) is 18.4 Å². The van der Waals surface area contributed by atoms with Gasteiger partial charge in [0.2, 0.25) is 5.91 Å². The minimum atomic E-state index is -0.232. The van der Waals surface area contributed by atoms with Crippen LogP contribution in [0.4, 0.5) is 17.1 Å². The van der Waals surface area contributed by atoms with E-state index < -0.39 is 0 Å². The largest absolute Gasteiger partial charge is 0.376 e. The van der Waals surface area contributed by atoms with E-state index in [1.54, 1.807) is 18.2 Å². The maximum atomic E-state index is 12.6. The molecule has 3 aromatic carbocycles. The summed E-state index contributed by atoms with van der Waals surface area (Å²) in [5, 5.41) is 8.83. The number of hydrogen-bond donors (Lipinski definition) is 3. The van der Waals surface area contributed by atoms with Gasteiger partial charge in [-0.25, -0.2) is 0 Å². The predicted molar refractivity (Wildman–Crippen MR) is 114 cm³/mol. The average molecular weight is 373 g/mol. The molecular weight excluding hydrogens is 350 g/mol. The van der Waals surface area contributed by atoms with Crippen LogP contribution in [0, 0.1) is 13.8 Å². The Bertz CT molecular complexity index is 984. The number of rotatable bonds is 6. The lowest BCUT2D eigenvalue weighted by molar-refractivity contribution is -0.114. The third-order valence-corrected chi connectivity index (χ3v) is 4.52. The van der Waals surface area contributed by atoms with Crippen molar-refractivity contribution >= 4 is 28.9 Å². The molecule has 0 fully saturated rings. The minimum Gasteiger partial charge on any atom is -0.376 e. The van der Waals surface area contributed by atoms with Gasteiger partial charge in [0.1, 0.15) is 0 Å². The van der Waals surface area contributed by atoms with Crippen LogP contribution in [-0.2, 0) is 4.79 Å². The first-order chi connectivity index (χ1) is 13.5. The molecule has 3 rings (SSSR count). The van der Waals surface area contributed by atoms with Crippen LogP contribution in [0.1, 0.15) is 21.5 Å². The predicted octanol–water partition coefficient (Wildman–Crippen LogP) is 4.61. The first-order valence-corrected chi connectivity index (χ1v) is 9.10. The number of carbonyl (C=O) groups is 2. The van der Waals surface area contributed by atoms with Crippen LogP contribution < -0.4 is 16.0 Å². The van der Waals surface area contributed by atoms with Gasteiger partial charge < -0.3 is 16.0 Å². The lowest BCUT2D eigenvalue weighted by Gasteiger charge is -2.14. The molecule has 0 unspecified atom stereocenters. The molecule has 2 amide bonds. The van der Waals surface area contributed by atoms with Gasteiger partial charge >= 0.3 is 0 Å². The standard InChI is InChI=1S/C23H23N3O2/c1-16-9-8-14-20(17(16)2)26-22(27)15-24-21-13-7-6-12-19(21)23(28)25-18-10-4-3-5-11-18/h3-14,24H,15H2,1-2H3,(H,25,28)(H,26,27). The lowest BCUT2D eigenvalue weighted by Crippen LogP contribution is -2.23. The maximum absolute atomic E-state index is 12.6. The fourth-order valence-electron chi connectivity index (χ4n) is 2.81. The number of nitrogens with one attached hydrogen (secondary N) is 3. The van der Waals surface area contributed by atoms with Crippen molar-refractivity contribution in [3.63, 3.8) is 0 Å². The van der Waals surface area contributed by atoms with Crippen LogP contribution in [0.15, 0.2) is 72.8 Å². The van der Waals surface area contributed by atoms with Crippen LogP contribution in [0.5, 0.6) is 0 Å². The summed E-state index contributed by atoms with van der Waals surface area (Å²) >= 11 is 0. The van der Waals surface area contributed by atoms with Gasteiger partial charge in [0.25, 0.3) is 5.91 Å². The third-order valence-electron chi connectivity index (χ3n) is 4.52. The minimum absolute atomic E-state index is 0.0585. The van der Waals surface area contributed by atoms with Crippen molar-refractivity contribution in [3.05, 3.63) is 89.5 Å². The van der Waals surface area contributed by atoms with Crippen molar-refractivity contribution < 1.29 is 9.59 Å². The van der Waals surface area contributed by atoms with Gasteiger partial charge in [-0.2, -0.15) is 0 Å². The monoisotopic (exact) mass is 373 g/mol. The number of anilines is 3. The van der Waals surface area contributed by atoms with E-state index in [1.165, 1.54) is 0 Å². The molecule has 0 atom stereocenters. The van der Waals surface area contributed by atoms with Crippen molar-refractivity contribution in [1.82, 2.24) is 0 Å². The normalized spacial score (nSPS) is 10.2. The number of amides is 2. The highest BCUT2D eigenvalue weighted by Crippen LogP contribution is 2.19. The quantitative estimate of drug-likeness (QED) is 0.591. The molecule has 0 aliphatic rings. The SMILES string of the molecule is Cc1cccc(NC(=O)CNc2ccccc2C(=O)Nc2ccccc2)c1C. The van der Waals surface area contributed by atoms with Crippen LogP contribution in [0.25, 0.3) is 0 Å². The Balaban J connectivity index is 1.65. The Kier molecular flexibility index (Phi) is 6.07. The van der Waals surface area contributed by atoms with Gasteiger partial charge in [-0.3, -0.25) is 9.59 Å². The Labute approximate surface area is 164 Å². The maximum Gasteiger partial charge on any atom is 0.257 e. The summed E-state index contributed by atoms with van der Waals surface area (Å²) in [4.78, 5) is 24.9. The number of benzene rings is 3. The summed E-state index contributed by atoms with van der Waals surface area (Å²) < 4.78 is 0. The second-order valence-electron chi connectivity index (χ2n) is 6.51. The third kappa shape index (κ3) is 4.76. The Morgan fingerprint density at radius 1 is 0.750 bits per heavy atom. The number of carbonyl (C=O) groups excluding carboxylic acids is 2. The molecule has 0 aliphatic heterocycles. The zero-order valence-electron chi connectivity index (χ0n) is 16.0. The molecular formula is C23H23N3O2. The zero-order valence-corrected chi connectivity index (χ0v) is 16.0. The summed E-state index contributed by atoms with van der Waals surface area (Å²) in [6, 6.07) is 22.2. The Morgan fingerprint density at radius 3 is 2.21 bits per heavy atom.